The lowest BCUT2D eigenvalue weighted by Gasteiger charge is -2.38. The Hall–Kier alpha value is -1.76. The van der Waals surface area contributed by atoms with Gasteiger partial charge in [0.2, 0.25) is 0 Å². The van der Waals surface area contributed by atoms with Gasteiger partial charge in [-0.3, -0.25) is 4.90 Å². The minimum absolute atomic E-state index is 0.0363. The molecule has 1 aliphatic heterocycles. The highest BCUT2D eigenvalue weighted by Crippen LogP contribution is 2.44. The van der Waals surface area contributed by atoms with Crippen molar-refractivity contribution in [1.82, 2.24) is 4.90 Å². The summed E-state index contributed by atoms with van der Waals surface area (Å²) in [5.41, 5.74) is 1.83. The van der Waals surface area contributed by atoms with E-state index in [4.69, 9.17) is 4.74 Å². The quantitative estimate of drug-likeness (QED) is 0.536. The van der Waals surface area contributed by atoms with Crippen molar-refractivity contribution in [3.05, 3.63) is 63.7 Å². The summed E-state index contributed by atoms with van der Waals surface area (Å²) in [5, 5.41) is 3.69. The molecule has 28 heavy (non-hydrogen) atoms. The van der Waals surface area contributed by atoms with Gasteiger partial charge >= 0.3 is 6.09 Å². The molecule has 0 aromatic heterocycles. The Kier molecular flexibility index (Phi) is 5.54. The smallest absolute Gasteiger partial charge is 0.411 e. The molecule has 2 aromatic rings. The second kappa shape index (κ2) is 7.93. The molecule has 2 aromatic carbocycles. The fourth-order valence-electron chi connectivity index (χ4n) is 4.63. The maximum Gasteiger partial charge on any atom is 0.411 e. The van der Waals surface area contributed by atoms with E-state index in [-0.39, 0.29) is 18.2 Å². The fraction of sp³-hybridized carbons (Fsp3) is 0.435. The van der Waals surface area contributed by atoms with Gasteiger partial charge in [0.25, 0.3) is 0 Å². The van der Waals surface area contributed by atoms with Crippen molar-refractivity contribution in [2.24, 2.45) is 0 Å². The van der Waals surface area contributed by atoms with E-state index >= 15 is 0 Å². The van der Waals surface area contributed by atoms with Gasteiger partial charge in [-0.25, -0.2) is 4.79 Å². The first-order chi connectivity index (χ1) is 13.5. The number of rotatable bonds is 4. The summed E-state index contributed by atoms with van der Waals surface area (Å²) >= 11 is 2.38. The number of benzene rings is 2. The van der Waals surface area contributed by atoms with Crippen LogP contribution in [0.4, 0.5) is 10.5 Å². The maximum atomic E-state index is 12.8. The lowest BCUT2D eigenvalue weighted by atomic mass is 9.86. The Morgan fingerprint density at radius 1 is 1.00 bits per heavy atom. The van der Waals surface area contributed by atoms with Crippen LogP contribution in [0, 0.1) is 3.57 Å². The zero-order valence-corrected chi connectivity index (χ0v) is 18.6. The van der Waals surface area contributed by atoms with E-state index in [2.05, 4.69) is 64.3 Å². The van der Waals surface area contributed by atoms with Crippen LogP contribution in [0.25, 0.3) is 0 Å². The van der Waals surface area contributed by atoms with Crippen LogP contribution in [0.5, 0.6) is 0 Å². The number of hydrogen-bond acceptors (Lipinski definition) is 3. The van der Waals surface area contributed by atoms with Gasteiger partial charge in [-0.15, -0.1) is 0 Å². The van der Waals surface area contributed by atoms with Crippen molar-refractivity contribution in [2.45, 2.75) is 63.3 Å². The number of nitrogens with zero attached hydrogens (tertiary/aromatic N) is 1. The molecule has 1 saturated heterocycles. The highest BCUT2D eigenvalue weighted by atomic mass is 127. The second-order valence-corrected chi connectivity index (χ2v) is 9.48. The SMILES string of the molecule is CC1(C)OC(=O)N(C2CCC(Nc3ccccc3I)CC2)C1c1ccccc1. The van der Waals surface area contributed by atoms with E-state index in [9.17, 15) is 4.79 Å². The summed E-state index contributed by atoms with van der Waals surface area (Å²) < 4.78 is 7.04. The summed E-state index contributed by atoms with van der Waals surface area (Å²) in [6, 6.07) is 19.3. The van der Waals surface area contributed by atoms with E-state index in [0.29, 0.717) is 6.04 Å². The summed E-state index contributed by atoms with van der Waals surface area (Å²) in [5.74, 6) is 0. The number of para-hydroxylation sites is 1. The number of carbonyl (C=O) groups excluding carboxylic acids is 1. The topological polar surface area (TPSA) is 41.6 Å². The average molecular weight is 490 g/mol. The molecular formula is C23H27IN2O2. The van der Waals surface area contributed by atoms with Crippen LogP contribution < -0.4 is 5.32 Å². The minimum Gasteiger partial charge on any atom is -0.441 e. The molecule has 4 nitrogen and oxygen atoms in total. The summed E-state index contributed by atoms with van der Waals surface area (Å²) in [6.07, 6.45) is 3.93. The van der Waals surface area contributed by atoms with Crippen LogP contribution in [-0.2, 0) is 4.74 Å². The Labute approximate surface area is 180 Å². The van der Waals surface area contributed by atoms with Crippen molar-refractivity contribution in [1.29, 1.82) is 0 Å². The summed E-state index contributed by atoms with van der Waals surface area (Å²) in [4.78, 5) is 14.8. The number of anilines is 1. The van der Waals surface area contributed by atoms with Gasteiger partial charge < -0.3 is 10.1 Å². The van der Waals surface area contributed by atoms with Crippen molar-refractivity contribution in [3.63, 3.8) is 0 Å². The van der Waals surface area contributed by atoms with Crippen LogP contribution >= 0.6 is 22.6 Å². The molecule has 0 spiro atoms. The van der Waals surface area contributed by atoms with E-state index in [1.54, 1.807) is 0 Å². The van der Waals surface area contributed by atoms with Crippen LogP contribution in [0.3, 0.4) is 0 Å². The first-order valence-electron chi connectivity index (χ1n) is 10.0. The molecule has 1 saturated carbocycles. The first kappa shape index (κ1) is 19.6. The molecule has 5 heteroatoms. The molecule has 4 rings (SSSR count). The van der Waals surface area contributed by atoms with Gasteiger partial charge in [0, 0.05) is 21.3 Å². The molecule has 0 bridgehead atoms. The van der Waals surface area contributed by atoms with E-state index in [1.807, 2.05) is 36.9 Å². The van der Waals surface area contributed by atoms with Crippen molar-refractivity contribution >= 4 is 34.4 Å². The lowest BCUT2D eigenvalue weighted by molar-refractivity contribution is 0.0664. The third-order valence-electron chi connectivity index (χ3n) is 5.94. The van der Waals surface area contributed by atoms with Crippen molar-refractivity contribution in [3.8, 4) is 0 Å². The number of carbonyl (C=O) groups is 1. The molecule has 0 radical (unpaired) electrons. The van der Waals surface area contributed by atoms with E-state index in [0.717, 1.165) is 31.2 Å². The Bertz CT molecular complexity index is 832. The van der Waals surface area contributed by atoms with Crippen LogP contribution in [-0.4, -0.2) is 28.7 Å². The molecule has 1 N–H and O–H groups in total. The number of amides is 1. The van der Waals surface area contributed by atoms with Crippen LogP contribution in [0.2, 0.25) is 0 Å². The highest BCUT2D eigenvalue weighted by Gasteiger charge is 2.51. The molecular weight excluding hydrogens is 463 g/mol. The molecule has 1 aliphatic carbocycles. The Morgan fingerprint density at radius 3 is 2.32 bits per heavy atom. The predicted molar refractivity (Wildman–Crippen MR) is 120 cm³/mol. The minimum atomic E-state index is -0.520. The second-order valence-electron chi connectivity index (χ2n) is 8.32. The summed E-state index contributed by atoms with van der Waals surface area (Å²) in [7, 11) is 0. The molecule has 2 aliphatic rings. The molecule has 148 valence electrons. The van der Waals surface area contributed by atoms with Gasteiger partial charge in [-0.1, -0.05) is 42.5 Å². The number of cyclic esters (lactones) is 1. The molecule has 1 atom stereocenters. The number of hydrogen-bond donors (Lipinski definition) is 1. The van der Waals surface area contributed by atoms with Crippen LogP contribution in [0.15, 0.2) is 54.6 Å². The van der Waals surface area contributed by atoms with Gasteiger partial charge in [-0.05, 0) is 79.8 Å². The lowest BCUT2D eigenvalue weighted by Crippen LogP contribution is -2.44. The molecule has 1 amide bonds. The zero-order chi connectivity index (χ0) is 19.7. The Balaban J connectivity index is 1.47. The number of halogens is 1. The monoisotopic (exact) mass is 490 g/mol. The molecule has 2 fully saturated rings. The average Bonchev–Trinajstić information content (AvgIpc) is 2.93. The van der Waals surface area contributed by atoms with E-state index in [1.165, 1.54) is 9.26 Å². The van der Waals surface area contributed by atoms with Crippen LogP contribution in [0.1, 0.15) is 51.1 Å². The number of ether oxygens (including phenoxy) is 1. The first-order valence-corrected chi connectivity index (χ1v) is 11.1. The van der Waals surface area contributed by atoms with Gasteiger partial charge in [0.15, 0.2) is 0 Å². The summed E-state index contributed by atoms with van der Waals surface area (Å²) in [6.45, 7) is 4.04. The molecule has 1 heterocycles. The third-order valence-corrected chi connectivity index (χ3v) is 6.88. The number of nitrogens with one attached hydrogen (secondary N) is 1. The zero-order valence-electron chi connectivity index (χ0n) is 16.4. The maximum absolute atomic E-state index is 12.8. The highest BCUT2D eigenvalue weighted by molar-refractivity contribution is 14.1. The Morgan fingerprint density at radius 2 is 1.64 bits per heavy atom. The van der Waals surface area contributed by atoms with Gasteiger partial charge in [-0.2, -0.15) is 0 Å². The standard InChI is InChI=1S/C23H27IN2O2/c1-23(2)21(16-8-4-3-5-9-16)26(22(27)28-23)18-14-12-17(13-15-18)25-20-11-7-6-10-19(20)24/h3-11,17-18,21,25H,12-15H2,1-2H3. The normalized spacial score (nSPS) is 26.8. The molecule has 1 unspecified atom stereocenters. The van der Waals surface area contributed by atoms with Gasteiger partial charge in [0.05, 0.1) is 6.04 Å². The third kappa shape index (κ3) is 3.86. The predicted octanol–water partition coefficient (Wildman–Crippen LogP) is 5.99. The van der Waals surface area contributed by atoms with Crippen molar-refractivity contribution < 1.29 is 9.53 Å². The fourth-order valence-corrected chi connectivity index (χ4v) is 5.17. The van der Waals surface area contributed by atoms with Gasteiger partial charge in [0.1, 0.15) is 5.60 Å². The van der Waals surface area contributed by atoms with E-state index < -0.39 is 5.60 Å². The van der Waals surface area contributed by atoms with Crippen molar-refractivity contribution in [2.75, 3.05) is 5.32 Å². The largest absolute Gasteiger partial charge is 0.441 e.